The number of piperidine rings is 1. The Balaban J connectivity index is 0.000000274. The number of aromatic nitrogens is 15. The first-order chi connectivity index (χ1) is 63.2. The molecular weight excluding hydrogens is 1910 g/mol. The molecule has 1 unspecified atom stereocenters. The minimum atomic E-state index is -5.19. The third kappa shape index (κ3) is 45.2. The molecule has 714 valence electrons. The lowest BCUT2D eigenvalue weighted by Gasteiger charge is -2.30. The summed E-state index contributed by atoms with van der Waals surface area (Å²) in [5.41, 5.74) is 8.76. The molecule has 10 aromatic heterocycles. The molecule has 29 nitrogen and oxygen atoms in total. The predicted molar refractivity (Wildman–Crippen MR) is 451 cm³/mol. The van der Waals surface area contributed by atoms with Crippen molar-refractivity contribution in [1.29, 1.82) is 0 Å². The maximum Gasteiger partial charge on any atom is 0.430 e. The lowest BCUT2D eigenvalue weighted by molar-refractivity contribution is -0.383. The van der Waals surface area contributed by atoms with E-state index in [9.17, 15) is 70.2 Å². The van der Waals surface area contributed by atoms with Crippen LogP contribution in [-0.4, -0.2) is 153 Å². The maximum absolute atomic E-state index is 13.6. The van der Waals surface area contributed by atoms with Crippen LogP contribution in [-0.2, 0) is 24.0 Å². The van der Waals surface area contributed by atoms with Crippen molar-refractivity contribution in [1.82, 2.24) is 54.8 Å². The second-order valence-corrected chi connectivity index (χ2v) is 33.6. The molecule has 1 saturated carbocycles. The summed E-state index contributed by atoms with van der Waals surface area (Å²) >= 11 is 8.18. The fourth-order valence-corrected chi connectivity index (χ4v) is 12.6. The molecule has 1 aromatic carbocycles. The number of nitrogens with zero attached hydrogens (tertiary/aromatic N) is 13. The summed E-state index contributed by atoms with van der Waals surface area (Å²) in [6.45, 7) is 22.4. The number of alkyl halides is 15. The first-order valence-corrected chi connectivity index (χ1v) is 42.9. The summed E-state index contributed by atoms with van der Waals surface area (Å²) in [5.74, 6) is 19.1. The Morgan fingerprint density at radius 1 is 0.415 bits per heavy atom. The van der Waals surface area contributed by atoms with Crippen LogP contribution in [0.25, 0.3) is 11.4 Å². The highest BCUT2D eigenvalue weighted by Crippen LogP contribution is 2.24. The van der Waals surface area contributed by atoms with Gasteiger partial charge in [-0.15, -0.1) is 11.3 Å². The number of hydrogen-bond acceptors (Lipinski definition) is 30. The Morgan fingerprint density at radius 3 is 1.04 bits per heavy atom. The van der Waals surface area contributed by atoms with Crippen molar-refractivity contribution in [2.75, 3.05) is 46.6 Å². The molecule has 1 aliphatic carbocycles. The van der Waals surface area contributed by atoms with E-state index in [1.807, 2.05) is 73.9 Å². The van der Waals surface area contributed by atoms with Crippen LogP contribution >= 0.6 is 56.7 Å². The van der Waals surface area contributed by atoms with Crippen LogP contribution in [0.2, 0.25) is 0 Å². The molecule has 12 heterocycles. The van der Waals surface area contributed by atoms with Gasteiger partial charge >= 0.3 is 30.9 Å². The van der Waals surface area contributed by atoms with Gasteiger partial charge in [0.25, 0.3) is 22.8 Å². The summed E-state index contributed by atoms with van der Waals surface area (Å²) in [5, 5.41) is 66.0. The topological polar surface area (TPSA) is 430 Å². The number of anilines is 4. The summed E-state index contributed by atoms with van der Waals surface area (Å²) in [6, 6.07) is 6.95. The van der Waals surface area contributed by atoms with Crippen molar-refractivity contribution >= 4 is 110 Å². The molecule has 1 atom stereocenters. The zero-order chi connectivity index (χ0) is 100. The molecule has 0 bridgehead atoms. The highest BCUT2D eigenvalue weighted by Gasteiger charge is 2.32. The second kappa shape index (κ2) is 53.4. The molecule has 3 aliphatic rings. The van der Waals surface area contributed by atoms with Gasteiger partial charge in [0.15, 0.2) is 5.82 Å². The van der Waals surface area contributed by atoms with Gasteiger partial charge in [-0.25, -0.2) is 59.2 Å². The Kier molecular flexibility index (Phi) is 44.0. The number of nitrogens with one attached hydrogen (secondary N) is 6. The van der Waals surface area contributed by atoms with Gasteiger partial charge in [0, 0.05) is 156 Å². The van der Waals surface area contributed by atoms with E-state index in [1.165, 1.54) is 44.6 Å². The quantitative estimate of drug-likeness (QED) is 0.0896. The fourth-order valence-electron chi connectivity index (χ4n) is 9.74. The van der Waals surface area contributed by atoms with E-state index >= 15 is 0 Å². The van der Waals surface area contributed by atoms with Gasteiger partial charge in [-0.2, -0.15) is 85.8 Å². The number of aromatic amines is 4. The molecule has 1 saturated heterocycles. The zero-order valence-electron chi connectivity index (χ0n) is 71.8. The average molecular weight is 1990 g/mol. The molecule has 6 N–H and O–H groups in total. The summed E-state index contributed by atoms with van der Waals surface area (Å²) in [6.07, 6.45) is 3.18. The molecular formula is C85H76F16N19O10S5-. The van der Waals surface area contributed by atoms with Crippen LogP contribution in [0, 0.1) is 106 Å². The Morgan fingerprint density at radius 2 is 0.733 bits per heavy atom. The SMILES string of the molecule is Cc1[nH+]c(C#Cc2cnc(N3CC=CC3)nc2)cs1.Cc1[nH+]c(C#Cc2cnc(N3CCCC(C)C3)nc2)cs1.Cc1[nH+]c(C#Cc2cnc(NC(C)(C)C)nc2)cs1.Cc1[nH+]c(C#Cc2cnc(NC3CCCC3)nc2)cs1.Cc1nc(C#Cc2cnc(-c3ccccc3F)nc2)cs1.O=C([O-])C(F)(F)F.O=C([O-])C(F)(F)F.O=C([O-])C(F)(F)F.O=C([O-])C(F)(F)F.O=C([O-])C(F)(F)F. The number of hydrogen-bond donors (Lipinski definition) is 2. The van der Waals surface area contributed by atoms with E-state index in [-0.39, 0.29) is 11.4 Å². The van der Waals surface area contributed by atoms with Crippen molar-refractivity contribution in [2.24, 2.45) is 5.92 Å². The van der Waals surface area contributed by atoms with Gasteiger partial charge in [0.05, 0.1) is 59.9 Å². The van der Waals surface area contributed by atoms with E-state index < -0.39 is 60.7 Å². The van der Waals surface area contributed by atoms with Gasteiger partial charge < -0.3 is 69.9 Å². The lowest BCUT2D eigenvalue weighted by Crippen LogP contribution is -2.37. The smallest absolute Gasteiger partial charge is 0.430 e. The van der Waals surface area contributed by atoms with Crippen LogP contribution in [0.3, 0.4) is 0 Å². The normalized spacial score (nSPS) is 12.9. The Labute approximate surface area is 779 Å². The number of carboxylic acids is 5. The van der Waals surface area contributed by atoms with Crippen LogP contribution < -0.4 is 65.9 Å². The van der Waals surface area contributed by atoms with E-state index in [4.69, 9.17) is 49.5 Å². The van der Waals surface area contributed by atoms with Crippen LogP contribution in [0.5, 0.6) is 0 Å². The molecule has 0 amide bonds. The molecule has 0 radical (unpaired) electrons. The van der Waals surface area contributed by atoms with Crippen molar-refractivity contribution in [3.8, 4) is 70.6 Å². The van der Waals surface area contributed by atoms with Gasteiger partial charge in [-0.3, -0.25) is 0 Å². The van der Waals surface area contributed by atoms with Gasteiger partial charge in [-0.05, 0) is 77.3 Å². The number of carbonyl (C=O) groups excluding carboxylic acids is 5. The number of aliphatic carboxylic acids is 5. The van der Waals surface area contributed by atoms with Crippen LogP contribution in [0.1, 0.15) is 148 Å². The van der Waals surface area contributed by atoms with E-state index in [2.05, 4.69) is 194 Å². The zero-order valence-corrected chi connectivity index (χ0v) is 75.9. The third-order valence-corrected chi connectivity index (χ3v) is 19.7. The molecule has 11 aromatic rings. The standard InChI is InChI=1S/C16H10FN3S.C16H18N4S.C15H16N4S.C14H12N4S.C14H16N4S.5C2HF3O2/c1-11-20-13(10-21-11)7-6-12-8-18-16(19-9-12)14-4-2-3-5-15(14)17;1-12-4-3-7-20(10-12)16-17-8-14(9-18-16)5-6-15-11-21-13(2)19-15;1-11-18-14(10-20-11)7-6-12-8-16-15(17-9-12)19-13-4-2-3-5-13;1-11-17-13(10-19-11)5-4-12-8-15-14(16-9-12)18-6-2-3-7-18;1-10-17-12(9-19-10)6-5-11-7-15-13(16-8-11)18-14(2,3)4;5*3-2(4,5)1(6)7/h2-5,8-10H,1H3;8-9,11-12H,3-4,7,10H2,1-2H3;8-10,13H,2-5H2,1H3,(H,16,17,19);2-3,8-10H,6-7H2,1H3;7-9H,1-4H3,(H,15,16,18);5*(H,6,7)/p-1. The number of thiazole rings is 5. The monoisotopic (exact) mass is 1990 g/mol. The Bertz CT molecular complexity index is 5900. The fraction of sp³-hybridized carbons (Fsp3) is 0.318. The third-order valence-electron chi connectivity index (χ3n) is 15.7. The highest BCUT2D eigenvalue weighted by molar-refractivity contribution is 7.10. The summed E-state index contributed by atoms with van der Waals surface area (Å²) < 4.78 is 171. The number of benzene rings is 1. The van der Waals surface area contributed by atoms with Crippen molar-refractivity contribution < 1.29 is 140 Å². The molecule has 135 heavy (non-hydrogen) atoms. The van der Waals surface area contributed by atoms with E-state index in [0.717, 1.165) is 120 Å². The Hall–Kier alpha value is -14.3. The number of carbonyl (C=O) groups is 5. The lowest BCUT2D eigenvalue weighted by atomic mass is 10.0. The second-order valence-electron chi connectivity index (χ2n) is 28.2. The van der Waals surface area contributed by atoms with Crippen molar-refractivity contribution in [2.45, 2.75) is 143 Å². The number of carboxylic acid groups (broad SMARTS) is 5. The number of halogens is 16. The number of rotatable bonds is 6. The molecule has 0 spiro atoms. The summed E-state index contributed by atoms with van der Waals surface area (Å²) in [4.78, 5) is 108. The minimum absolute atomic E-state index is 0.0453. The highest BCUT2D eigenvalue weighted by atomic mass is 32.1. The van der Waals surface area contributed by atoms with Crippen molar-refractivity contribution in [3.63, 3.8) is 0 Å². The number of H-pyrrole nitrogens is 4. The average Bonchev–Trinajstić information content (AvgIpc) is 1.74. The van der Waals surface area contributed by atoms with Crippen molar-refractivity contribution in [3.05, 3.63) is 212 Å². The van der Waals surface area contributed by atoms with Gasteiger partial charge in [0.2, 0.25) is 43.8 Å². The van der Waals surface area contributed by atoms with E-state index in [0.29, 0.717) is 34.9 Å². The molecule has 2 fully saturated rings. The predicted octanol–water partition coefficient (Wildman–Crippen LogP) is 8.36. The molecule has 2 aliphatic heterocycles. The molecule has 14 rings (SSSR count). The number of aryl methyl sites for hydroxylation is 5. The van der Waals surface area contributed by atoms with Crippen LogP contribution in [0.4, 0.5) is 94.0 Å². The first kappa shape index (κ1) is 111. The summed E-state index contributed by atoms with van der Waals surface area (Å²) in [7, 11) is 0. The van der Waals surface area contributed by atoms with Gasteiger partial charge in [0.1, 0.15) is 41.4 Å². The molecule has 50 heteroatoms. The minimum Gasteiger partial charge on any atom is -0.542 e. The van der Waals surface area contributed by atoms with Gasteiger partial charge in [-0.1, -0.05) is 119 Å². The van der Waals surface area contributed by atoms with Crippen LogP contribution in [0.15, 0.2) is 125 Å². The van der Waals surface area contributed by atoms with E-state index in [1.54, 1.807) is 124 Å². The maximum atomic E-state index is 13.6. The first-order valence-electron chi connectivity index (χ1n) is 38.5. The largest absolute Gasteiger partial charge is 0.542 e.